The number of halogens is 4. The monoisotopic (exact) mass is 462 g/mol. The molecule has 5 nitrogen and oxygen atoms in total. The number of likely N-dealkylation sites (N-methyl/N-ethyl adjacent to an activating group) is 1. The van der Waals surface area contributed by atoms with Crippen molar-refractivity contribution in [2.24, 2.45) is 13.0 Å². The van der Waals surface area contributed by atoms with Crippen LogP contribution in [0.3, 0.4) is 0 Å². The fourth-order valence-electron chi connectivity index (χ4n) is 3.05. The zero-order valence-electron chi connectivity index (χ0n) is 13.8. The van der Waals surface area contributed by atoms with Gasteiger partial charge in [-0.15, -0.1) is 0 Å². The van der Waals surface area contributed by atoms with Crippen molar-refractivity contribution in [1.82, 2.24) is 14.7 Å². The van der Waals surface area contributed by atoms with Gasteiger partial charge in [-0.05, 0) is 28.1 Å². The number of carbonyl (C=O) groups is 1. The van der Waals surface area contributed by atoms with Crippen LogP contribution in [0.5, 0.6) is 0 Å². The number of thiocarbonyl (C=S) groups is 1. The Balaban J connectivity index is 1.94. The molecule has 2 aromatic rings. The van der Waals surface area contributed by atoms with Gasteiger partial charge >= 0.3 is 0 Å². The average Bonchev–Trinajstić information content (AvgIpc) is 2.98. The molecule has 26 heavy (non-hydrogen) atoms. The predicted octanol–water partition coefficient (Wildman–Crippen LogP) is 3.73. The molecule has 1 amide bonds. The Morgan fingerprint density at radius 2 is 2.12 bits per heavy atom. The molecule has 10 heteroatoms. The van der Waals surface area contributed by atoms with Crippen LogP contribution in [0.4, 0.5) is 14.5 Å². The number of hydrogen-bond donors (Lipinski definition) is 1. The minimum absolute atomic E-state index is 0.108. The van der Waals surface area contributed by atoms with E-state index in [1.54, 1.807) is 19.0 Å². The number of aryl methyl sites for hydroxylation is 1. The molecule has 2 heterocycles. The van der Waals surface area contributed by atoms with Crippen molar-refractivity contribution in [3.05, 3.63) is 45.2 Å². The summed E-state index contributed by atoms with van der Waals surface area (Å²) in [5.74, 6) is -3.15. The topological polar surface area (TPSA) is 50.2 Å². The molecule has 1 aliphatic rings. The molecule has 0 saturated carbocycles. The van der Waals surface area contributed by atoms with Gasteiger partial charge in [0, 0.05) is 38.2 Å². The maximum absolute atomic E-state index is 13.9. The van der Waals surface area contributed by atoms with Crippen LogP contribution in [0.1, 0.15) is 11.5 Å². The Labute approximate surface area is 167 Å². The van der Waals surface area contributed by atoms with Gasteiger partial charge in [0.1, 0.15) is 21.4 Å². The summed E-state index contributed by atoms with van der Waals surface area (Å²) in [6.45, 7) is 0.465. The largest absolute Gasteiger partial charge is 0.368 e. The van der Waals surface area contributed by atoms with E-state index >= 15 is 0 Å². The molecule has 1 aromatic heterocycles. The molecule has 0 spiro atoms. The van der Waals surface area contributed by atoms with Crippen molar-refractivity contribution in [3.8, 4) is 0 Å². The summed E-state index contributed by atoms with van der Waals surface area (Å²) in [5, 5.41) is 7.10. The zero-order valence-corrected chi connectivity index (χ0v) is 16.9. The second-order valence-corrected chi connectivity index (χ2v) is 7.56. The lowest BCUT2D eigenvalue weighted by atomic mass is 9.90. The molecule has 3 rings (SSSR count). The quantitative estimate of drug-likeness (QED) is 0.705. The highest BCUT2D eigenvalue weighted by atomic mass is 79.9. The van der Waals surface area contributed by atoms with Crippen LogP contribution in [-0.4, -0.2) is 39.2 Å². The molecule has 0 unspecified atom stereocenters. The van der Waals surface area contributed by atoms with Crippen molar-refractivity contribution in [2.75, 3.05) is 18.9 Å². The molecule has 0 aliphatic carbocycles. The standard InChI is InChI=1S/C16H14BrClF2N4OS/c1-23-6-8(11-13(17)22-24(2)14(11)18)12(16(23)26)15(25)21-10-4-3-7(19)5-9(10)20/h3-5,8,12H,6H2,1-2H3,(H,21,25)/t8-,12+/m1/s1. The SMILES string of the molecule is CN1C[C@H](c2c(Br)nn(C)c2Cl)[C@@H](C(=O)Nc2ccc(F)cc2F)C1=S. The third-order valence-electron chi connectivity index (χ3n) is 4.32. The molecule has 1 fully saturated rings. The normalized spacial score (nSPS) is 19.9. The van der Waals surface area contributed by atoms with E-state index in [0.29, 0.717) is 32.9 Å². The van der Waals surface area contributed by atoms with Crippen molar-refractivity contribution >= 4 is 56.3 Å². The molecule has 1 aromatic carbocycles. The van der Waals surface area contributed by atoms with Crippen LogP contribution in [0.2, 0.25) is 5.15 Å². The fourth-order valence-corrected chi connectivity index (χ4v) is 4.50. The summed E-state index contributed by atoms with van der Waals surface area (Å²) in [6, 6.07) is 2.96. The number of hydrogen-bond acceptors (Lipinski definition) is 3. The van der Waals surface area contributed by atoms with Crippen LogP contribution in [0, 0.1) is 17.6 Å². The Hall–Kier alpha value is -1.58. The molecule has 1 N–H and O–H groups in total. The van der Waals surface area contributed by atoms with Crippen LogP contribution in [0.15, 0.2) is 22.8 Å². The number of likely N-dealkylation sites (tertiary alicyclic amines) is 1. The Kier molecular flexibility index (Phi) is 5.32. The summed E-state index contributed by atoms with van der Waals surface area (Å²) in [4.78, 5) is 15.0. The maximum Gasteiger partial charge on any atom is 0.235 e. The zero-order chi connectivity index (χ0) is 19.2. The van der Waals surface area contributed by atoms with Crippen molar-refractivity contribution < 1.29 is 13.6 Å². The minimum Gasteiger partial charge on any atom is -0.368 e. The second kappa shape index (κ2) is 7.21. The van der Waals surface area contributed by atoms with Gasteiger partial charge < -0.3 is 10.2 Å². The number of anilines is 1. The molecular weight excluding hydrogens is 450 g/mol. The first kappa shape index (κ1) is 19.2. The van der Waals surface area contributed by atoms with E-state index in [4.69, 9.17) is 23.8 Å². The molecule has 0 radical (unpaired) electrons. The van der Waals surface area contributed by atoms with Gasteiger partial charge in [-0.2, -0.15) is 5.10 Å². The van der Waals surface area contributed by atoms with E-state index in [1.165, 1.54) is 10.7 Å². The molecule has 0 bridgehead atoms. The van der Waals surface area contributed by atoms with Crippen molar-refractivity contribution in [2.45, 2.75) is 5.92 Å². The maximum atomic E-state index is 13.9. The number of benzene rings is 1. The third kappa shape index (κ3) is 3.35. The summed E-state index contributed by atoms with van der Waals surface area (Å²) < 4.78 is 29.0. The first-order valence-electron chi connectivity index (χ1n) is 7.59. The average molecular weight is 464 g/mol. The summed E-state index contributed by atoms with van der Waals surface area (Å²) >= 11 is 15.1. The number of aromatic nitrogens is 2. The lowest BCUT2D eigenvalue weighted by molar-refractivity contribution is -0.118. The van der Waals surface area contributed by atoms with Crippen LogP contribution >= 0.6 is 39.7 Å². The second-order valence-electron chi connectivity index (χ2n) is 6.04. The molecule has 1 aliphatic heterocycles. The van der Waals surface area contributed by atoms with Gasteiger partial charge in [0.05, 0.1) is 16.6 Å². The van der Waals surface area contributed by atoms with E-state index in [0.717, 1.165) is 6.07 Å². The first-order chi connectivity index (χ1) is 12.2. The smallest absolute Gasteiger partial charge is 0.235 e. The number of carbonyl (C=O) groups excluding carboxylic acids is 1. The van der Waals surface area contributed by atoms with Gasteiger partial charge in [-0.25, -0.2) is 8.78 Å². The number of amides is 1. The van der Waals surface area contributed by atoms with Crippen LogP contribution in [0.25, 0.3) is 0 Å². The van der Waals surface area contributed by atoms with Crippen molar-refractivity contribution in [3.63, 3.8) is 0 Å². The van der Waals surface area contributed by atoms with E-state index in [-0.39, 0.29) is 11.6 Å². The van der Waals surface area contributed by atoms with Gasteiger partial charge in [-0.1, -0.05) is 23.8 Å². The lowest BCUT2D eigenvalue weighted by Crippen LogP contribution is -2.32. The summed E-state index contributed by atoms with van der Waals surface area (Å²) in [5.41, 5.74) is 0.560. The Morgan fingerprint density at radius 3 is 2.69 bits per heavy atom. The van der Waals surface area contributed by atoms with Crippen LogP contribution in [-0.2, 0) is 11.8 Å². The predicted molar refractivity (Wildman–Crippen MR) is 102 cm³/mol. The van der Waals surface area contributed by atoms with E-state index in [9.17, 15) is 13.6 Å². The van der Waals surface area contributed by atoms with Gasteiger partial charge in [0.25, 0.3) is 0 Å². The first-order valence-corrected chi connectivity index (χ1v) is 9.17. The van der Waals surface area contributed by atoms with E-state index < -0.39 is 23.5 Å². The molecule has 1 saturated heterocycles. The molecule has 138 valence electrons. The third-order valence-corrected chi connectivity index (χ3v) is 5.92. The van der Waals surface area contributed by atoms with Gasteiger partial charge in [-0.3, -0.25) is 9.48 Å². The van der Waals surface area contributed by atoms with E-state index in [2.05, 4.69) is 26.3 Å². The highest BCUT2D eigenvalue weighted by molar-refractivity contribution is 9.10. The minimum atomic E-state index is -0.854. The Morgan fingerprint density at radius 1 is 1.42 bits per heavy atom. The van der Waals surface area contributed by atoms with Crippen molar-refractivity contribution in [1.29, 1.82) is 0 Å². The highest BCUT2D eigenvalue weighted by Crippen LogP contribution is 2.41. The summed E-state index contributed by atoms with van der Waals surface area (Å²) in [6.07, 6.45) is 0. The number of nitrogens with one attached hydrogen (secondary N) is 1. The van der Waals surface area contributed by atoms with Gasteiger partial charge in [0.15, 0.2) is 0 Å². The Bertz CT molecular complexity index is 907. The summed E-state index contributed by atoms with van der Waals surface area (Å²) in [7, 11) is 3.47. The highest BCUT2D eigenvalue weighted by Gasteiger charge is 2.44. The van der Waals surface area contributed by atoms with Gasteiger partial charge in [0.2, 0.25) is 5.91 Å². The molecule has 2 atom stereocenters. The fraction of sp³-hybridized carbons (Fsp3) is 0.312. The number of nitrogens with zero attached hydrogens (tertiary/aromatic N) is 3. The van der Waals surface area contributed by atoms with E-state index in [1.807, 2.05) is 0 Å². The lowest BCUT2D eigenvalue weighted by Gasteiger charge is -2.18. The molecular formula is C16H14BrClF2N4OS. The number of rotatable bonds is 3. The van der Waals surface area contributed by atoms with Crippen LogP contribution < -0.4 is 5.32 Å².